The molecule has 0 aliphatic rings. The van der Waals surface area contributed by atoms with E-state index in [0.717, 1.165) is 8.47 Å². The zero-order chi connectivity index (χ0) is 13.0. The first kappa shape index (κ1) is 14.0. The van der Waals surface area contributed by atoms with Crippen LogP contribution in [0.5, 0.6) is 0 Å². The van der Waals surface area contributed by atoms with Gasteiger partial charge in [0.15, 0.2) is 0 Å². The number of halogens is 2. The maximum Gasteiger partial charge on any atom is 0.323 e. The van der Waals surface area contributed by atoms with E-state index >= 15 is 0 Å². The van der Waals surface area contributed by atoms with Crippen molar-refractivity contribution in [2.45, 2.75) is 0 Å². The average Bonchev–Trinajstić information content (AvgIpc) is 2.21. The van der Waals surface area contributed by atoms with Crippen LogP contribution in [0.1, 0.15) is 0 Å². The number of anilines is 1. The number of urea groups is 1. The lowest BCUT2D eigenvalue weighted by atomic mass is 10.3. The van der Waals surface area contributed by atoms with Gasteiger partial charge in [-0.15, -0.1) is 0 Å². The molecule has 0 aliphatic heterocycles. The lowest BCUT2D eigenvalue weighted by Crippen LogP contribution is -2.35. The van der Waals surface area contributed by atoms with E-state index < -0.39 is 12.0 Å². The minimum atomic E-state index is -1.06. The summed E-state index contributed by atoms with van der Waals surface area (Å²) in [6.45, 7) is -0.351. The molecule has 0 unspecified atom stereocenters. The second-order valence-corrected chi connectivity index (χ2v) is 4.90. The molecule has 1 aromatic carbocycles. The number of nitrogens with zero attached hydrogens (tertiary/aromatic N) is 1. The van der Waals surface area contributed by atoms with E-state index in [4.69, 9.17) is 16.7 Å². The third-order valence-electron chi connectivity index (χ3n) is 1.89. The molecule has 5 nitrogen and oxygen atoms in total. The molecule has 0 heterocycles. The van der Waals surface area contributed by atoms with Crippen molar-refractivity contribution in [2.75, 3.05) is 18.9 Å². The highest BCUT2D eigenvalue weighted by atomic mass is 127. The Labute approximate surface area is 117 Å². The summed E-state index contributed by atoms with van der Waals surface area (Å²) in [6.07, 6.45) is 0. The fourth-order valence-corrected chi connectivity index (χ4v) is 2.08. The lowest BCUT2D eigenvalue weighted by Gasteiger charge is -2.16. The number of carbonyl (C=O) groups excluding carboxylic acids is 1. The molecule has 0 atom stereocenters. The molecule has 0 spiro atoms. The highest BCUT2D eigenvalue weighted by Crippen LogP contribution is 2.22. The molecular weight excluding hydrogens is 358 g/mol. The molecule has 0 fully saturated rings. The highest BCUT2D eigenvalue weighted by molar-refractivity contribution is 14.1. The van der Waals surface area contributed by atoms with Crippen molar-refractivity contribution < 1.29 is 14.7 Å². The summed E-state index contributed by atoms with van der Waals surface area (Å²) in [5.74, 6) is -1.06. The summed E-state index contributed by atoms with van der Waals surface area (Å²) in [7, 11) is 1.41. The standard InChI is InChI=1S/C10H10ClIN2O3/c1-14(5-9(15)16)10(17)13-8-3-2-6(11)4-7(8)12/h2-4H,5H2,1H3,(H,13,17)(H,15,16). The molecule has 1 aromatic rings. The molecule has 0 saturated heterocycles. The Morgan fingerprint density at radius 1 is 1.53 bits per heavy atom. The fourth-order valence-electron chi connectivity index (χ4n) is 1.08. The summed E-state index contributed by atoms with van der Waals surface area (Å²) >= 11 is 7.81. The first-order valence-electron chi connectivity index (χ1n) is 4.59. The number of carboxylic acid groups (broad SMARTS) is 1. The third kappa shape index (κ3) is 4.39. The zero-order valence-corrected chi connectivity index (χ0v) is 11.8. The lowest BCUT2D eigenvalue weighted by molar-refractivity contribution is -0.137. The van der Waals surface area contributed by atoms with Gasteiger partial charge in [0.25, 0.3) is 0 Å². The largest absolute Gasteiger partial charge is 0.480 e. The topological polar surface area (TPSA) is 69.6 Å². The number of hydrogen-bond acceptors (Lipinski definition) is 2. The average molecular weight is 369 g/mol. The number of aliphatic carboxylic acids is 1. The van der Waals surface area contributed by atoms with Gasteiger partial charge in [0.2, 0.25) is 0 Å². The van der Waals surface area contributed by atoms with Crippen molar-refractivity contribution in [1.29, 1.82) is 0 Å². The Morgan fingerprint density at radius 3 is 2.71 bits per heavy atom. The number of amides is 2. The summed E-state index contributed by atoms with van der Waals surface area (Å²) < 4.78 is 0.784. The van der Waals surface area contributed by atoms with Crippen molar-refractivity contribution in [1.82, 2.24) is 4.90 Å². The fraction of sp³-hybridized carbons (Fsp3) is 0.200. The second kappa shape index (κ2) is 6.06. The molecule has 0 radical (unpaired) electrons. The van der Waals surface area contributed by atoms with Crippen molar-refractivity contribution in [3.63, 3.8) is 0 Å². The van der Waals surface area contributed by atoms with E-state index in [0.29, 0.717) is 10.7 Å². The van der Waals surface area contributed by atoms with E-state index in [1.165, 1.54) is 7.05 Å². The van der Waals surface area contributed by atoms with Crippen molar-refractivity contribution in [2.24, 2.45) is 0 Å². The van der Waals surface area contributed by atoms with Crippen LogP contribution in [0, 0.1) is 3.57 Å². The maximum atomic E-state index is 11.6. The normalized spacial score (nSPS) is 9.82. The summed E-state index contributed by atoms with van der Waals surface area (Å²) in [4.78, 5) is 23.1. The molecule has 1 rings (SSSR count). The zero-order valence-electron chi connectivity index (χ0n) is 8.91. The predicted molar refractivity (Wildman–Crippen MR) is 73.5 cm³/mol. The van der Waals surface area contributed by atoms with Gasteiger partial charge in [-0.3, -0.25) is 4.79 Å². The Morgan fingerprint density at radius 2 is 2.18 bits per heavy atom. The van der Waals surface area contributed by atoms with Crippen LogP contribution in [-0.4, -0.2) is 35.6 Å². The Bertz CT molecular complexity index is 453. The molecule has 2 N–H and O–H groups in total. The summed E-state index contributed by atoms with van der Waals surface area (Å²) in [5.41, 5.74) is 0.595. The molecule has 0 aliphatic carbocycles. The van der Waals surface area contributed by atoms with E-state index in [1.54, 1.807) is 18.2 Å². The predicted octanol–water partition coefficient (Wildman–Crippen LogP) is 2.49. The van der Waals surface area contributed by atoms with Crippen molar-refractivity contribution >= 4 is 51.9 Å². The monoisotopic (exact) mass is 368 g/mol. The van der Waals surface area contributed by atoms with Crippen LogP contribution < -0.4 is 5.32 Å². The molecule has 17 heavy (non-hydrogen) atoms. The smallest absolute Gasteiger partial charge is 0.323 e. The minimum absolute atomic E-state index is 0.351. The van der Waals surface area contributed by atoms with E-state index in [9.17, 15) is 9.59 Å². The van der Waals surface area contributed by atoms with Gasteiger partial charge in [0, 0.05) is 15.6 Å². The van der Waals surface area contributed by atoms with E-state index in [-0.39, 0.29) is 6.54 Å². The number of rotatable bonds is 3. The number of likely N-dealkylation sites (N-methyl/N-ethyl adjacent to an activating group) is 1. The summed E-state index contributed by atoms with van der Waals surface area (Å²) in [5, 5.41) is 11.7. The van der Waals surface area contributed by atoms with Crippen LogP contribution in [0.25, 0.3) is 0 Å². The van der Waals surface area contributed by atoms with Gasteiger partial charge in [-0.1, -0.05) is 11.6 Å². The molecule has 2 amide bonds. The van der Waals surface area contributed by atoms with Gasteiger partial charge in [-0.25, -0.2) is 4.79 Å². The minimum Gasteiger partial charge on any atom is -0.480 e. The molecule has 0 saturated carbocycles. The van der Waals surface area contributed by atoms with Crippen molar-refractivity contribution in [3.8, 4) is 0 Å². The number of carbonyl (C=O) groups is 2. The van der Waals surface area contributed by atoms with Crippen LogP contribution in [0.3, 0.4) is 0 Å². The van der Waals surface area contributed by atoms with Crippen molar-refractivity contribution in [3.05, 3.63) is 26.8 Å². The first-order valence-corrected chi connectivity index (χ1v) is 6.05. The Hall–Kier alpha value is -1.02. The molecular formula is C10H10ClIN2O3. The van der Waals surface area contributed by atoms with E-state index in [1.807, 2.05) is 22.6 Å². The van der Waals surface area contributed by atoms with Gasteiger partial charge in [0.1, 0.15) is 6.54 Å². The first-order chi connectivity index (χ1) is 7.90. The Balaban J connectivity index is 2.71. The van der Waals surface area contributed by atoms with Crippen LogP contribution in [0.4, 0.5) is 10.5 Å². The highest BCUT2D eigenvalue weighted by Gasteiger charge is 2.13. The third-order valence-corrected chi connectivity index (χ3v) is 3.02. The second-order valence-electron chi connectivity index (χ2n) is 3.30. The SMILES string of the molecule is CN(CC(=O)O)C(=O)Nc1ccc(Cl)cc1I. The van der Waals surface area contributed by atoms with Gasteiger partial charge in [-0.05, 0) is 40.8 Å². The molecule has 0 aromatic heterocycles. The maximum absolute atomic E-state index is 11.6. The van der Waals surface area contributed by atoms with Crippen LogP contribution in [-0.2, 0) is 4.79 Å². The van der Waals surface area contributed by atoms with Crippen LogP contribution >= 0.6 is 34.2 Å². The van der Waals surface area contributed by atoms with Gasteiger partial charge < -0.3 is 15.3 Å². The van der Waals surface area contributed by atoms with Crippen LogP contribution in [0.15, 0.2) is 18.2 Å². The van der Waals surface area contributed by atoms with Gasteiger partial charge in [0.05, 0.1) is 5.69 Å². The molecule has 7 heteroatoms. The quantitative estimate of drug-likeness (QED) is 0.806. The van der Waals surface area contributed by atoms with E-state index in [2.05, 4.69) is 5.32 Å². The molecule has 92 valence electrons. The molecule has 0 bridgehead atoms. The number of carboxylic acids is 1. The number of nitrogens with one attached hydrogen (secondary N) is 1. The number of hydrogen-bond donors (Lipinski definition) is 2. The number of benzene rings is 1. The summed E-state index contributed by atoms with van der Waals surface area (Å²) in [6, 6.07) is 4.54. The Kier molecular flexibility index (Phi) is 5.01. The van der Waals surface area contributed by atoms with Crippen LogP contribution in [0.2, 0.25) is 5.02 Å². The van der Waals surface area contributed by atoms with Gasteiger partial charge in [-0.2, -0.15) is 0 Å². The van der Waals surface area contributed by atoms with Gasteiger partial charge >= 0.3 is 12.0 Å².